The third-order valence-corrected chi connectivity index (χ3v) is 5.32. The van der Waals surface area contributed by atoms with Crippen molar-refractivity contribution >= 4 is 17.7 Å². The zero-order valence-electron chi connectivity index (χ0n) is 19.0. The van der Waals surface area contributed by atoms with Gasteiger partial charge in [-0.2, -0.15) is 0 Å². The minimum Gasteiger partial charge on any atom is -0.469 e. The van der Waals surface area contributed by atoms with Crippen LogP contribution in [-0.2, 0) is 23.9 Å². The minimum atomic E-state index is -0.158. The van der Waals surface area contributed by atoms with Gasteiger partial charge < -0.3 is 9.47 Å². The molecule has 0 saturated carbocycles. The molecule has 28 heavy (non-hydrogen) atoms. The van der Waals surface area contributed by atoms with E-state index in [0.29, 0.717) is 31.5 Å². The molecule has 0 aliphatic heterocycles. The Balaban J connectivity index is 3.73. The van der Waals surface area contributed by atoms with Crippen molar-refractivity contribution < 1.29 is 23.9 Å². The summed E-state index contributed by atoms with van der Waals surface area (Å²) in [5.74, 6) is 0.0327. The minimum absolute atomic E-state index is 0.0429. The van der Waals surface area contributed by atoms with Gasteiger partial charge in [0.25, 0.3) is 0 Å². The fourth-order valence-corrected chi connectivity index (χ4v) is 3.43. The second kappa shape index (κ2) is 13.7. The van der Waals surface area contributed by atoms with Crippen molar-refractivity contribution in [2.75, 3.05) is 14.2 Å². The maximum absolute atomic E-state index is 12.0. The number of Topliss-reactive ketones (excluding diaryl/α,β-unsaturated/α-hetero) is 1. The molecule has 0 unspecified atom stereocenters. The molecular weight excluding hydrogens is 356 g/mol. The molecule has 0 aromatic rings. The Morgan fingerprint density at radius 1 is 0.607 bits per heavy atom. The van der Waals surface area contributed by atoms with Gasteiger partial charge in [0.15, 0.2) is 0 Å². The highest BCUT2D eigenvalue weighted by molar-refractivity contribution is 5.78. The van der Waals surface area contributed by atoms with Crippen LogP contribution in [0, 0.1) is 10.8 Å². The summed E-state index contributed by atoms with van der Waals surface area (Å²) in [5.41, 5.74) is -0.0858. The van der Waals surface area contributed by atoms with Crippen LogP contribution in [-0.4, -0.2) is 31.9 Å². The van der Waals surface area contributed by atoms with Crippen LogP contribution in [0.1, 0.15) is 105 Å². The van der Waals surface area contributed by atoms with Crippen LogP contribution in [0.4, 0.5) is 0 Å². The van der Waals surface area contributed by atoms with Crippen LogP contribution in [0.3, 0.4) is 0 Å². The average Bonchev–Trinajstić information content (AvgIpc) is 2.59. The van der Waals surface area contributed by atoms with Crippen molar-refractivity contribution in [1.29, 1.82) is 0 Å². The van der Waals surface area contributed by atoms with Crippen molar-refractivity contribution in [3.63, 3.8) is 0 Å². The largest absolute Gasteiger partial charge is 0.469 e. The summed E-state index contributed by atoms with van der Waals surface area (Å²) in [6.07, 6.45) is 10.1. The molecule has 0 N–H and O–H groups in total. The smallest absolute Gasteiger partial charge is 0.306 e. The van der Waals surface area contributed by atoms with Gasteiger partial charge in [-0.1, -0.05) is 53.4 Å². The molecular formula is C23H42O5. The zero-order chi connectivity index (χ0) is 21.6. The lowest BCUT2D eigenvalue weighted by Crippen LogP contribution is -2.18. The van der Waals surface area contributed by atoms with Crippen LogP contribution in [0.15, 0.2) is 0 Å². The van der Waals surface area contributed by atoms with Crippen molar-refractivity contribution in [3.05, 3.63) is 0 Å². The van der Waals surface area contributed by atoms with E-state index in [4.69, 9.17) is 9.47 Å². The molecule has 0 atom stereocenters. The topological polar surface area (TPSA) is 69.7 Å². The Hall–Kier alpha value is -1.39. The average molecular weight is 399 g/mol. The van der Waals surface area contributed by atoms with Gasteiger partial charge in [-0.15, -0.1) is 0 Å². The highest BCUT2D eigenvalue weighted by Crippen LogP contribution is 2.29. The van der Waals surface area contributed by atoms with Crippen LogP contribution in [0.25, 0.3) is 0 Å². The molecule has 0 aromatic carbocycles. The molecule has 0 rings (SSSR count). The molecule has 5 nitrogen and oxygen atoms in total. The number of esters is 2. The molecule has 5 heteroatoms. The highest BCUT2D eigenvalue weighted by atomic mass is 16.5. The summed E-state index contributed by atoms with van der Waals surface area (Å²) in [6, 6.07) is 0. The van der Waals surface area contributed by atoms with Gasteiger partial charge in [-0.25, -0.2) is 0 Å². The van der Waals surface area contributed by atoms with Crippen molar-refractivity contribution in [1.82, 2.24) is 0 Å². The number of unbranched alkanes of at least 4 members (excludes halogenated alkanes) is 4. The third kappa shape index (κ3) is 14.6. The summed E-state index contributed by atoms with van der Waals surface area (Å²) in [7, 11) is 2.85. The van der Waals surface area contributed by atoms with E-state index < -0.39 is 0 Å². The first kappa shape index (κ1) is 26.6. The molecule has 0 radical (unpaired) electrons. The van der Waals surface area contributed by atoms with Gasteiger partial charge in [0, 0.05) is 12.8 Å². The van der Waals surface area contributed by atoms with Crippen molar-refractivity contribution in [3.8, 4) is 0 Å². The van der Waals surface area contributed by atoms with E-state index in [9.17, 15) is 14.4 Å². The van der Waals surface area contributed by atoms with Gasteiger partial charge in [-0.05, 0) is 36.5 Å². The molecule has 0 amide bonds. The third-order valence-electron chi connectivity index (χ3n) is 5.32. The molecule has 0 aliphatic carbocycles. The second-order valence-electron chi connectivity index (χ2n) is 9.49. The van der Waals surface area contributed by atoms with Crippen LogP contribution in [0.5, 0.6) is 0 Å². The van der Waals surface area contributed by atoms with Gasteiger partial charge in [0.1, 0.15) is 5.78 Å². The first-order valence-electron chi connectivity index (χ1n) is 10.7. The molecule has 0 bridgehead atoms. The van der Waals surface area contributed by atoms with Gasteiger partial charge >= 0.3 is 11.9 Å². The molecule has 0 spiro atoms. The maximum Gasteiger partial charge on any atom is 0.306 e. The summed E-state index contributed by atoms with van der Waals surface area (Å²) >= 11 is 0. The molecule has 164 valence electrons. The number of hydrogen-bond acceptors (Lipinski definition) is 5. The second-order valence-corrected chi connectivity index (χ2v) is 9.49. The predicted octanol–water partition coefficient (Wildman–Crippen LogP) is 5.64. The molecule has 0 saturated heterocycles. The number of ketones is 1. The standard InChI is InChI=1S/C23H42O5/c1-22(2,17-20(25)27-5)15-11-7-9-13-19(24)14-10-8-12-16-23(3,4)18-21(26)28-6/h7-18H2,1-6H3. The van der Waals surface area contributed by atoms with Gasteiger partial charge in [-0.3, -0.25) is 14.4 Å². The highest BCUT2D eigenvalue weighted by Gasteiger charge is 2.22. The summed E-state index contributed by atoms with van der Waals surface area (Å²) in [6.45, 7) is 8.34. The van der Waals surface area contributed by atoms with Crippen LogP contribution < -0.4 is 0 Å². The number of ether oxygens (including phenoxy) is 2. The molecule has 0 aromatic heterocycles. The molecule has 0 fully saturated rings. The summed E-state index contributed by atoms with van der Waals surface area (Å²) in [4.78, 5) is 34.8. The van der Waals surface area contributed by atoms with E-state index >= 15 is 0 Å². The fraction of sp³-hybridized carbons (Fsp3) is 0.870. The zero-order valence-corrected chi connectivity index (χ0v) is 19.0. The van der Waals surface area contributed by atoms with Crippen molar-refractivity contribution in [2.24, 2.45) is 10.8 Å². The lowest BCUT2D eigenvalue weighted by atomic mass is 9.83. The number of rotatable bonds is 16. The number of methoxy groups -OCH3 is 2. The van der Waals surface area contributed by atoms with E-state index in [1.54, 1.807) is 0 Å². The lowest BCUT2D eigenvalue weighted by Gasteiger charge is -2.23. The van der Waals surface area contributed by atoms with E-state index in [1.807, 2.05) is 0 Å². The maximum atomic E-state index is 12.0. The molecule has 0 aliphatic rings. The summed E-state index contributed by atoms with van der Waals surface area (Å²) < 4.78 is 9.47. The number of carbonyl (C=O) groups excluding carboxylic acids is 3. The van der Waals surface area contributed by atoms with Crippen LogP contribution >= 0.6 is 0 Å². The first-order chi connectivity index (χ1) is 13.0. The summed E-state index contributed by atoms with van der Waals surface area (Å²) in [5, 5.41) is 0. The number of carbonyl (C=O) groups is 3. The van der Waals surface area contributed by atoms with Crippen molar-refractivity contribution in [2.45, 2.75) is 105 Å². The van der Waals surface area contributed by atoms with Crippen LogP contribution in [0.2, 0.25) is 0 Å². The SMILES string of the molecule is COC(=O)CC(C)(C)CCCCCC(=O)CCCCCC(C)(C)CC(=O)OC. The van der Waals surface area contributed by atoms with E-state index in [-0.39, 0.29) is 22.8 Å². The predicted molar refractivity (Wildman–Crippen MR) is 112 cm³/mol. The van der Waals surface area contributed by atoms with E-state index in [1.165, 1.54) is 14.2 Å². The van der Waals surface area contributed by atoms with Gasteiger partial charge in [0.2, 0.25) is 0 Å². The van der Waals surface area contributed by atoms with Gasteiger partial charge in [0.05, 0.1) is 27.1 Å². The normalized spacial score (nSPS) is 11.9. The van der Waals surface area contributed by atoms with E-state index in [0.717, 1.165) is 51.4 Å². The van der Waals surface area contributed by atoms with E-state index in [2.05, 4.69) is 27.7 Å². The first-order valence-corrected chi connectivity index (χ1v) is 10.7. The Morgan fingerprint density at radius 2 is 0.964 bits per heavy atom. The lowest BCUT2D eigenvalue weighted by molar-refractivity contribution is -0.144. The Kier molecular flexibility index (Phi) is 13.0. The fourth-order valence-electron chi connectivity index (χ4n) is 3.43. The Labute approximate surface area is 171 Å². The monoisotopic (exact) mass is 398 g/mol. The molecule has 0 heterocycles. The quantitative estimate of drug-likeness (QED) is 0.249. The Bertz CT molecular complexity index is 437. The number of hydrogen-bond donors (Lipinski definition) is 0. The Morgan fingerprint density at radius 3 is 1.29 bits per heavy atom.